The fourth-order valence-corrected chi connectivity index (χ4v) is 3.76. The zero-order valence-electron chi connectivity index (χ0n) is 9.33. The van der Waals surface area contributed by atoms with E-state index in [1.54, 1.807) is 0 Å². The number of alkyl halides is 1. The molecule has 2 atom stereocenters. The van der Waals surface area contributed by atoms with Crippen molar-refractivity contribution in [2.24, 2.45) is 5.92 Å². The Morgan fingerprint density at radius 1 is 1.62 bits per heavy atom. The Bertz CT molecular complexity index is 377. The molecule has 1 aromatic rings. The Hall–Kier alpha value is -0.350. The van der Waals surface area contributed by atoms with E-state index < -0.39 is 0 Å². The van der Waals surface area contributed by atoms with Gasteiger partial charge in [0, 0.05) is 11.4 Å². The average molecular weight is 302 g/mol. The van der Waals surface area contributed by atoms with Gasteiger partial charge in [0.1, 0.15) is 0 Å². The molecule has 0 radical (unpaired) electrons. The first-order valence-electron chi connectivity index (χ1n) is 5.63. The third kappa shape index (κ3) is 2.86. The molecule has 0 aromatic carbocycles. The molecule has 1 heterocycles. The second-order valence-electron chi connectivity index (χ2n) is 4.42. The van der Waals surface area contributed by atoms with Crippen molar-refractivity contribution in [2.75, 3.05) is 6.54 Å². The third-order valence-electron chi connectivity index (χ3n) is 3.10. The van der Waals surface area contributed by atoms with Crippen molar-refractivity contribution in [3.8, 4) is 0 Å². The molecule has 1 N–H and O–H groups in total. The lowest BCUT2D eigenvalue weighted by Gasteiger charge is -2.10. The molecule has 1 aromatic heterocycles. The average Bonchev–Trinajstić information content (AvgIpc) is 2.84. The molecule has 2 nitrogen and oxygen atoms in total. The molecule has 16 heavy (non-hydrogen) atoms. The minimum atomic E-state index is 0.0884. The van der Waals surface area contributed by atoms with E-state index in [2.05, 4.69) is 21.2 Å². The number of amides is 1. The molecular weight excluding hydrogens is 286 g/mol. The van der Waals surface area contributed by atoms with Crippen LogP contribution in [0, 0.1) is 12.8 Å². The van der Waals surface area contributed by atoms with Gasteiger partial charge in [-0.05, 0) is 49.1 Å². The maximum atomic E-state index is 11.9. The van der Waals surface area contributed by atoms with Crippen LogP contribution in [0.1, 0.15) is 34.5 Å². The van der Waals surface area contributed by atoms with Crippen LogP contribution in [-0.4, -0.2) is 17.3 Å². The molecule has 2 unspecified atom stereocenters. The molecule has 88 valence electrons. The van der Waals surface area contributed by atoms with E-state index in [0.29, 0.717) is 10.7 Å². The van der Waals surface area contributed by atoms with E-state index in [-0.39, 0.29) is 5.91 Å². The van der Waals surface area contributed by atoms with E-state index in [4.69, 9.17) is 0 Å². The zero-order valence-corrected chi connectivity index (χ0v) is 11.7. The highest BCUT2D eigenvalue weighted by molar-refractivity contribution is 9.09. The summed E-state index contributed by atoms with van der Waals surface area (Å²) in [4.78, 5) is 13.4. The van der Waals surface area contributed by atoms with Gasteiger partial charge in [-0.15, -0.1) is 11.3 Å². The second kappa shape index (κ2) is 5.32. The number of aryl methyl sites for hydroxylation is 1. The maximum Gasteiger partial charge on any atom is 0.261 e. The summed E-state index contributed by atoms with van der Waals surface area (Å²) in [6, 6.07) is 1.99. The van der Waals surface area contributed by atoms with Crippen LogP contribution in [0.3, 0.4) is 0 Å². The largest absolute Gasteiger partial charge is 0.351 e. The van der Waals surface area contributed by atoms with Crippen molar-refractivity contribution in [3.63, 3.8) is 0 Å². The monoisotopic (exact) mass is 301 g/mol. The number of halogens is 1. The Morgan fingerprint density at radius 2 is 2.44 bits per heavy atom. The van der Waals surface area contributed by atoms with Gasteiger partial charge >= 0.3 is 0 Å². The predicted octanol–water partition coefficient (Wildman–Crippen LogP) is 3.35. The van der Waals surface area contributed by atoms with Gasteiger partial charge in [-0.2, -0.15) is 0 Å². The molecule has 0 saturated heterocycles. The minimum Gasteiger partial charge on any atom is -0.351 e. The molecular formula is C12H16BrNOS. The van der Waals surface area contributed by atoms with Crippen LogP contribution in [0.2, 0.25) is 0 Å². The van der Waals surface area contributed by atoms with Crippen LogP contribution in [-0.2, 0) is 0 Å². The number of carbonyl (C=O) groups is 1. The molecule has 1 amide bonds. The van der Waals surface area contributed by atoms with Crippen LogP contribution >= 0.6 is 27.3 Å². The first-order valence-corrected chi connectivity index (χ1v) is 7.42. The normalized spacial score (nSPS) is 24.6. The van der Waals surface area contributed by atoms with E-state index in [0.717, 1.165) is 17.0 Å². The molecule has 0 spiro atoms. The highest BCUT2D eigenvalue weighted by Gasteiger charge is 2.23. The van der Waals surface area contributed by atoms with E-state index in [9.17, 15) is 4.79 Å². The number of hydrogen-bond acceptors (Lipinski definition) is 2. The number of carbonyl (C=O) groups excluding carboxylic acids is 1. The molecule has 4 heteroatoms. The van der Waals surface area contributed by atoms with Crippen molar-refractivity contribution in [2.45, 2.75) is 31.0 Å². The summed E-state index contributed by atoms with van der Waals surface area (Å²) in [7, 11) is 0. The van der Waals surface area contributed by atoms with Crippen LogP contribution < -0.4 is 5.32 Å². The molecule has 1 aliphatic carbocycles. The Balaban J connectivity index is 1.82. The van der Waals surface area contributed by atoms with Crippen molar-refractivity contribution in [3.05, 3.63) is 21.9 Å². The molecule has 1 fully saturated rings. The van der Waals surface area contributed by atoms with E-state index in [1.807, 2.05) is 18.4 Å². The first kappa shape index (κ1) is 12.1. The first-order chi connectivity index (χ1) is 7.66. The predicted molar refractivity (Wildman–Crippen MR) is 71.4 cm³/mol. The van der Waals surface area contributed by atoms with Gasteiger partial charge in [-0.3, -0.25) is 4.79 Å². The highest BCUT2D eigenvalue weighted by atomic mass is 79.9. The quantitative estimate of drug-likeness (QED) is 0.852. The van der Waals surface area contributed by atoms with Gasteiger partial charge < -0.3 is 5.32 Å². The summed E-state index contributed by atoms with van der Waals surface area (Å²) >= 11 is 5.14. The maximum absolute atomic E-state index is 11.9. The minimum absolute atomic E-state index is 0.0884. The van der Waals surface area contributed by atoms with E-state index in [1.165, 1.54) is 30.6 Å². The van der Waals surface area contributed by atoms with Gasteiger partial charge in [0.05, 0.1) is 4.88 Å². The zero-order chi connectivity index (χ0) is 11.5. The summed E-state index contributed by atoms with van der Waals surface area (Å²) in [5.74, 6) is 0.735. The standard InChI is InChI=1S/C12H16BrNOS/c1-8-4-5-16-11(8)12(15)14-7-9-2-3-10(13)6-9/h4-5,9-10H,2-3,6-7H2,1H3,(H,14,15). The summed E-state index contributed by atoms with van der Waals surface area (Å²) < 4.78 is 0. The lowest BCUT2D eigenvalue weighted by Crippen LogP contribution is -2.28. The van der Waals surface area contributed by atoms with Crippen molar-refractivity contribution in [1.29, 1.82) is 0 Å². The summed E-state index contributed by atoms with van der Waals surface area (Å²) in [5, 5.41) is 5.01. The number of hydrogen-bond donors (Lipinski definition) is 1. The number of nitrogens with one attached hydrogen (secondary N) is 1. The van der Waals surface area contributed by atoms with Crippen LogP contribution in [0.15, 0.2) is 11.4 Å². The fraction of sp³-hybridized carbons (Fsp3) is 0.583. The Morgan fingerprint density at radius 3 is 3.00 bits per heavy atom. The van der Waals surface area contributed by atoms with Crippen molar-refractivity contribution in [1.82, 2.24) is 5.32 Å². The Kier molecular flexibility index (Phi) is 4.03. The molecule has 1 aliphatic rings. The summed E-state index contributed by atoms with van der Waals surface area (Å²) in [6.45, 7) is 2.80. The smallest absolute Gasteiger partial charge is 0.261 e. The Labute approximate surface area is 109 Å². The lowest BCUT2D eigenvalue weighted by atomic mass is 10.1. The summed E-state index contributed by atoms with van der Waals surface area (Å²) in [5.41, 5.74) is 1.08. The molecule has 0 aliphatic heterocycles. The molecule has 1 saturated carbocycles. The SMILES string of the molecule is Cc1ccsc1C(=O)NCC1CCC(Br)C1. The highest BCUT2D eigenvalue weighted by Crippen LogP contribution is 2.30. The third-order valence-corrected chi connectivity index (χ3v) is 4.94. The lowest BCUT2D eigenvalue weighted by molar-refractivity contribution is 0.0951. The summed E-state index contributed by atoms with van der Waals surface area (Å²) in [6.07, 6.45) is 3.64. The number of rotatable bonds is 3. The molecule has 2 rings (SSSR count). The molecule has 0 bridgehead atoms. The second-order valence-corrected chi connectivity index (χ2v) is 6.63. The van der Waals surface area contributed by atoms with Crippen LogP contribution in [0.5, 0.6) is 0 Å². The van der Waals surface area contributed by atoms with Crippen LogP contribution in [0.25, 0.3) is 0 Å². The number of thiophene rings is 1. The topological polar surface area (TPSA) is 29.1 Å². The van der Waals surface area contributed by atoms with Gasteiger partial charge in [0.2, 0.25) is 0 Å². The van der Waals surface area contributed by atoms with E-state index >= 15 is 0 Å². The van der Waals surface area contributed by atoms with Gasteiger partial charge in [0.25, 0.3) is 5.91 Å². The van der Waals surface area contributed by atoms with Gasteiger partial charge in [-0.1, -0.05) is 15.9 Å². The van der Waals surface area contributed by atoms with Gasteiger partial charge in [-0.25, -0.2) is 0 Å². The van der Waals surface area contributed by atoms with Crippen molar-refractivity contribution >= 4 is 33.2 Å². The van der Waals surface area contributed by atoms with Crippen LogP contribution in [0.4, 0.5) is 0 Å². The van der Waals surface area contributed by atoms with Crippen molar-refractivity contribution < 1.29 is 4.79 Å². The van der Waals surface area contributed by atoms with Gasteiger partial charge in [0.15, 0.2) is 0 Å². The fourth-order valence-electron chi connectivity index (χ4n) is 2.12.